The summed E-state index contributed by atoms with van der Waals surface area (Å²) >= 11 is 0. The molecule has 6 rings (SSSR count). The molecule has 4 aromatic carbocycles. The van der Waals surface area contributed by atoms with Gasteiger partial charge >= 0.3 is 0 Å². The summed E-state index contributed by atoms with van der Waals surface area (Å²) in [6.07, 6.45) is 2.46. The smallest absolute Gasteiger partial charge is 0.255 e. The second kappa shape index (κ2) is 12.5. The average molecular weight is 584 g/mol. The summed E-state index contributed by atoms with van der Waals surface area (Å²) in [6, 6.07) is 33.9. The standard InChI is InChI=1S/C39H41N3O2/c1-5-26(3)36(38(43)40-27(4)21-22-28-13-7-6-8-14-28)42-37(30-15-9-10-16-31(30)39(42)44)34-32-17-11-12-18-33(32)41-35(34)29-23-19-25(2)20-24-29/h6-20,23-24,26-27,36-37,41H,5,21-22H2,1-4H3,(H,40,43). The third kappa shape index (κ3) is 5.55. The molecule has 224 valence electrons. The maximum Gasteiger partial charge on any atom is 0.255 e. The monoisotopic (exact) mass is 583 g/mol. The Bertz CT molecular complexity index is 1770. The van der Waals surface area contributed by atoms with Crippen LogP contribution in [0.25, 0.3) is 22.2 Å². The van der Waals surface area contributed by atoms with Crippen molar-refractivity contribution in [2.24, 2.45) is 5.92 Å². The molecule has 0 bridgehead atoms. The summed E-state index contributed by atoms with van der Waals surface area (Å²) < 4.78 is 0. The van der Waals surface area contributed by atoms with Gasteiger partial charge in [0.15, 0.2) is 0 Å². The van der Waals surface area contributed by atoms with Gasteiger partial charge in [-0.15, -0.1) is 0 Å². The third-order valence-electron chi connectivity index (χ3n) is 9.21. The minimum absolute atomic E-state index is 0.0380. The molecule has 1 aromatic heterocycles. The summed E-state index contributed by atoms with van der Waals surface area (Å²) in [5, 5.41) is 4.36. The fourth-order valence-corrected chi connectivity index (χ4v) is 6.62. The SMILES string of the molecule is CCC(C)C(C(=O)NC(C)CCc1ccccc1)N1C(=O)c2ccccc2C1c1c(-c2ccc(C)cc2)[nH]c2ccccc12. The molecule has 2 amide bonds. The van der Waals surface area contributed by atoms with E-state index in [1.807, 2.05) is 59.5 Å². The number of nitrogens with one attached hydrogen (secondary N) is 2. The summed E-state index contributed by atoms with van der Waals surface area (Å²) in [7, 11) is 0. The molecule has 0 aliphatic carbocycles. The van der Waals surface area contributed by atoms with E-state index in [0.717, 1.165) is 52.5 Å². The van der Waals surface area contributed by atoms with Gasteiger partial charge in [-0.2, -0.15) is 0 Å². The van der Waals surface area contributed by atoms with Crippen molar-refractivity contribution in [3.05, 3.63) is 131 Å². The zero-order chi connectivity index (χ0) is 30.8. The molecule has 0 spiro atoms. The minimum Gasteiger partial charge on any atom is -0.354 e. The number of carbonyl (C=O) groups is 2. The molecule has 5 heteroatoms. The Labute approximate surface area is 260 Å². The van der Waals surface area contributed by atoms with Gasteiger partial charge in [0, 0.05) is 28.1 Å². The number of H-pyrrole nitrogens is 1. The Hall–Kier alpha value is -4.64. The van der Waals surface area contributed by atoms with Crippen LogP contribution in [0, 0.1) is 12.8 Å². The van der Waals surface area contributed by atoms with E-state index in [4.69, 9.17) is 0 Å². The molecular formula is C39H41N3O2. The van der Waals surface area contributed by atoms with Gasteiger partial charge in [0.1, 0.15) is 6.04 Å². The first-order valence-corrected chi connectivity index (χ1v) is 15.8. The molecule has 5 nitrogen and oxygen atoms in total. The largest absolute Gasteiger partial charge is 0.354 e. The molecule has 1 aliphatic heterocycles. The minimum atomic E-state index is -0.636. The van der Waals surface area contributed by atoms with E-state index in [0.29, 0.717) is 5.56 Å². The van der Waals surface area contributed by atoms with Crippen LogP contribution in [-0.2, 0) is 11.2 Å². The molecule has 0 saturated carbocycles. The molecule has 4 atom stereocenters. The number of fused-ring (bicyclic) bond motifs is 2. The molecule has 1 aliphatic rings. The van der Waals surface area contributed by atoms with E-state index < -0.39 is 12.1 Å². The molecule has 0 fully saturated rings. The van der Waals surface area contributed by atoms with Crippen LogP contribution in [0.15, 0.2) is 103 Å². The van der Waals surface area contributed by atoms with Gasteiger partial charge < -0.3 is 15.2 Å². The third-order valence-corrected chi connectivity index (χ3v) is 9.21. The number of carbonyl (C=O) groups excluding carboxylic acids is 2. The van der Waals surface area contributed by atoms with Crippen molar-refractivity contribution in [2.75, 3.05) is 0 Å². The van der Waals surface area contributed by atoms with Crippen molar-refractivity contribution in [3.8, 4) is 11.3 Å². The van der Waals surface area contributed by atoms with Crippen molar-refractivity contribution in [2.45, 2.75) is 65.1 Å². The predicted octanol–water partition coefficient (Wildman–Crippen LogP) is 8.24. The number of amides is 2. The van der Waals surface area contributed by atoms with Crippen molar-refractivity contribution in [1.82, 2.24) is 15.2 Å². The van der Waals surface area contributed by atoms with E-state index >= 15 is 0 Å². The molecule has 2 heterocycles. The van der Waals surface area contributed by atoms with E-state index in [-0.39, 0.29) is 23.8 Å². The fraction of sp³-hybridized carbons (Fsp3) is 0.282. The first-order valence-electron chi connectivity index (χ1n) is 15.8. The van der Waals surface area contributed by atoms with Gasteiger partial charge in [-0.3, -0.25) is 9.59 Å². The Balaban J connectivity index is 1.44. The number of hydrogen-bond donors (Lipinski definition) is 2. The molecule has 0 radical (unpaired) electrons. The lowest BCUT2D eigenvalue weighted by Gasteiger charge is -2.37. The molecule has 2 N–H and O–H groups in total. The number of aromatic nitrogens is 1. The first-order chi connectivity index (χ1) is 21.4. The fourth-order valence-electron chi connectivity index (χ4n) is 6.62. The highest BCUT2D eigenvalue weighted by atomic mass is 16.2. The summed E-state index contributed by atoms with van der Waals surface area (Å²) in [5.74, 6) is -0.240. The molecule has 4 unspecified atom stereocenters. The predicted molar refractivity (Wildman–Crippen MR) is 179 cm³/mol. The summed E-state index contributed by atoms with van der Waals surface area (Å²) in [6.45, 7) is 8.32. The van der Waals surface area contributed by atoms with Crippen molar-refractivity contribution < 1.29 is 9.59 Å². The van der Waals surface area contributed by atoms with Gasteiger partial charge in [0.05, 0.1) is 11.7 Å². The lowest BCUT2D eigenvalue weighted by atomic mass is 9.90. The second-order valence-electron chi connectivity index (χ2n) is 12.3. The Morgan fingerprint density at radius 1 is 0.886 bits per heavy atom. The maximum absolute atomic E-state index is 14.4. The first kappa shape index (κ1) is 29.4. The molecule has 0 saturated heterocycles. The van der Waals surface area contributed by atoms with Crippen LogP contribution in [-0.4, -0.2) is 33.8 Å². The number of rotatable bonds is 10. The summed E-state index contributed by atoms with van der Waals surface area (Å²) in [5.41, 5.74) is 8.10. The highest BCUT2D eigenvalue weighted by Gasteiger charge is 2.47. The highest BCUT2D eigenvalue weighted by molar-refractivity contribution is 6.04. The number of para-hydroxylation sites is 1. The van der Waals surface area contributed by atoms with Crippen LogP contribution in [0.3, 0.4) is 0 Å². The van der Waals surface area contributed by atoms with Crippen molar-refractivity contribution >= 4 is 22.7 Å². The van der Waals surface area contributed by atoms with E-state index in [1.165, 1.54) is 11.1 Å². The van der Waals surface area contributed by atoms with Gasteiger partial charge in [-0.05, 0) is 61.4 Å². The zero-order valence-corrected chi connectivity index (χ0v) is 26.0. The van der Waals surface area contributed by atoms with Crippen molar-refractivity contribution in [1.29, 1.82) is 0 Å². The van der Waals surface area contributed by atoms with Gasteiger partial charge in [-0.25, -0.2) is 0 Å². The molecule has 5 aromatic rings. The Kier molecular flexibility index (Phi) is 8.38. The lowest BCUT2D eigenvalue weighted by Crippen LogP contribution is -2.53. The Morgan fingerprint density at radius 3 is 2.32 bits per heavy atom. The number of nitrogens with zero attached hydrogens (tertiary/aromatic N) is 1. The topological polar surface area (TPSA) is 65.2 Å². The number of hydrogen-bond acceptors (Lipinski definition) is 2. The van der Waals surface area contributed by atoms with Crippen LogP contribution < -0.4 is 5.32 Å². The van der Waals surface area contributed by atoms with Crippen LogP contribution in [0.5, 0.6) is 0 Å². The number of benzene rings is 4. The Morgan fingerprint density at radius 2 is 1.57 bits per heavy atom. The quantitative estimate of drug-likeness (QED) is 0.174. The van der Waals surface area contributed by atoms with Gasteiger partial charge in [0.2, 0.25) is 5.91 Å². The zero-order valence-electron chi connectivity index (χ0n) is 26.0. The second-order valence-corrected chi connectivity index (χ2v) is 12.3. The average Bonchev–Trinajstić information content (AvgIpc) is 3.56. The molecular weight excluding hydrogens is 542 g/mol. The maximum atomic E-state index is 14.4. The van der Waals surface area contributed by atoms with Crippen LogP contribution in [0.4, 0.5) is 0 Å². The number of aromatic amines is 1. The van der Waals surface area contributed by atoms with Gasteiger partial charge in [0.25, 0.3) is 5.91 Å². The van der Waals surface area contributed by atoms with E-state index in [9.17, 15) is 9.59 Å². The lowest BCUT2D eigenvalue weighted by molar-refractivity contribution is -0.128. The van der Waals surface area contributed by atoms with E-state index in [2.05, 4.69) is 86.5 Å². The van der Waals surface area contributed by atoms with Crippen LogP contribution >= 0.6 is 0 Å². The normalized spacial score (nSPS) is 16.5. The van der Waals surface area contributed by atoms with Crippen molar-refractivity contribution in [3.63, 3.8) is 0 Å². The number of aryl methyl sites for hydroxylation is 2. The van der Waals surface area contributed by atoms with Crippen LogP contribution in [0.1, 0.15) is 72.3 Å². The van der Waals surface area contributed by atoms with Crippen LogP contribution in [0.2, 0.25) is 0 Å². The summed E-state index contributed by atoms with van der Waals surface area (Å²) in [4.78, 5) is 34.3. The highest BCUT2D eigenvalue weighted by Crippen LogP contribution is 2.47. The molecule has 44 heavy (non-hydrogen) atoms. The van der Waals surface area contributed by atoms with E-state index in [1.54, 1.807) is 0 Å². The van der Waals surface area contributed by atoms with Gasteiger partial charge in [-0.1, -0.05) is 117 Å².